The molecule has 1 aliphatic heterocycles. The number of nitrogens with one attached hydrogen (secondary N) is 1. The van der Waals surface area contributed by atoms with E-state index in [2.05, 4.69) is 22.3 Å². The van der Waals surface area contributed by atoms with Gasteiger partial charge in [0.1, 0.15) is 0 Å². The Morgan fingerprint density at radius 2 is 2.20 bits per heavy atom. The number of methoxy groups -OCH3 is 1. The first-order valence-electron chi connectivity index (χ1n) is 8.47. The highest BCUT2D eigenvalue weighted by molar-refractivity contribution is 14.0. The average molecular weight is 463 g/mol. The molecule has 0 radical (unpaired) electrons. The van der Waals surface area contributed by atoms with Gasteiger partial charge in [-0.25, -0.2) is 0 Å². The van der Waals surface area contributed by atoms with Crippen molar-refractivity contribution in [1.82, 2.24) is 10.2 Å². The molecular weight excluding hydrogens is 433 g/mol. The van der Waals surface area contributed by atoms with Crippen LogP contribution >= 0.6 is 24.0 Å². The lowest BCUT2D eigenvalue weighted by atomic mass is 10.1. The summed E-state index contributed by atoms with van der Waals surface area (Å²) in [6, 6.07) is 5.98. The van der Waals surface area contributed by atoms with Crippen LogP contribution in [0.5, 0.6) is 11.5 Å². The van der Waals surface area contributed by atoms with Crippen LogP contribution in [0.1, 0.15) is 18.9 Å². The van der Waals surface area contributed by atoms with Gasteiger partial charge in [0.2, 0.25) is 0 Å². The molecule has 0 saturated carbocycles. The van der Waals surface area contributed by atoms with Crippen LogP contribution in [0.25, 0.3) is 0 Å². The molecule has 142 valence electrons. The second kappa shape index (κ2) is 11.4. The Kier molecular flexibility index (Phi) is 9.96. The Bertz CT molecular complexity index is 548. The van der Waals surface area contributed by atoms with Crippen LogP contribution in [0.4, 0.5) is 0 Å². The number of benzene rings is 1. The molecule has 0 spiro atoms. The van der Waals surface area contributed by atoms with E-state index >= 15 is 0 Å². The summed E-state index contributed by atoms with van der Waals surface area (Å²) in [6.45, 7) is 5.93. The van der Waals surface area contributed by atoms with Crippen LogP contribution in [0.3, 0.4) is 0 Å². The molecule has 1 aromatic rings. The highest BCUT2D eigenvalue weighted by Gasteiger charge is 2.19. The van der Waals surface area contributed by atoms with Crippen LogP contribution in [0.15, 0.2) is 23.2 Å². The van der Waals surface area contributed by atoms with Crippen molar-refractivity contribution < 1.29 is 14.2 Å². The molecule has 1 aromatic carbocycles. The van der Waals surface area contributed by atoms with E-state index in [0.717, 1.165) is 49.2 Å². The van der Waals surface area contributed by atoms with Crippen LogP contribution in [-0.4, -0.2) is 58.4 Å². The van der Waals surface area contributed by atoms with Crippen molar-refractivity contribution >= 4 is 29.9 Å². The number of guanidine groups is 1. The first kappa shape index (κ1) is 21.8. The van der Waals surface area contributed by atoms with Crippen LogP contribution in [0.2, 0.25) is 0 Å². The lowest BCUT2D eigenvalue weighted by Gasteiger charge is -2.24. The van der Waals surface area contributed by atoms with E-state index in [1.54, 1.807) is 7.11 Å². The number of ether oxygens (including phenoxy) is 3. The van der Waals surface area contributed by atoms with Gasteiger partial charge < -0.3 is 24.4 Å². The molecule has 7 heteroatoms. The second-order valence-corrected chi connectivity index (χ2v) is 5.93. The van der Waals surface area contributed by atoms with Crippen molar-refractivity contribution in [3.63, 3.8) is 0 Å². The zero-order valence-corrected chi connectivity index (χ0v) is 17.9. The SMILES string of the molecule is CCOc1ccc(CNC(=NC)N(C)CC2CCOC2)cc1OC.I. The summed E-state index contributed by atoms with van der Waals surface area (Å²) in [5, 5.41) is 3.40. The van der Waals surface area contributed by atoms with E-state index in [0.29, 0.717) is 19.1 Å². The molecule has 1 fully saturated rings. The van der Waals surface area contributed by atoms with Crippen molar-refractivity contribution in [1.29, 1.82) is 0 Å². The molecule has 1 saturated heterocycles. The number of aliphatic imine (C=N–C) groups is 1. The van der Waals surface area contributed by atoms with Gasteiger partial charge in [-0.2, -0.15) is 0 Å². The predicted octanol–water partition coefficient (Wildman–Crippen LogP) is 2.76. The highest BCUT2D eigenvalue weighted by atomic mass is 127. The van der Waals surface area contributed by atoms with Gasteiger partial charge >= 0.3 is 0 Å². The van der Waals surface area contributed by atoms with Crippen LogP contribution < -0.4 is 14.8 Å². The van der Waals surface area contributed by atoms with Gasteiger partial charge in [0.05, 0.1) is 20.3 Å². The Balaban J connectivity index is 0.00000312. The second-order valence-electron chi connectivity index (χ2n) is 5.93. The van der Waals surface area contributed by atoms with Crippen molar-refractivity contribution in [3.05, 3.63) is 23.8 Å². The van der Waals surface area contributed by atoms with Gasteiger partial charge in [0.25, 0.3) is 0 Å². The minimum absolute atomic E-state index is 0. The van der Waals surface area contributed by atoms with Crippen molar-refractivity contribution in [2.24, 2.45) is 10.9 Å². The molecular formula is C18H30IN3O3. The van der Waals surface area contributed by atoms with E-state index in [9.17, 15) is 0 Å². The van der Waals surface area contributed by atoms with E-state index in [1.165, 1.54) is 0 Å². The molecule has 0 bridgehead atoms. The normalized spacial score (nSPS) is 17.0. The quantitative estimate of drug-likeness (QED) is 0.383. The molecule has 0 aliphatic carbocycles. The zero-order chi connectivity index (χ0) is 17.4. The summed E-state index contributed by atoms with van der Waals surface area (Å²) in [5.74, 6) is 2.99. The van der Waals surface area contributed by atoms with Crippen molar-refractivity contribution in [2.75, 3.05) is 47.6 Å². The predicted molar refractivity (Wildman–Crippen MR) is 111 cm³/mol. The topological polar surface area (TPSA) is 55.3 Å². The molecule has 6 nitrogen and oxygen atoms in total. The molecule has 1 N–H and O–H groups in total. The minimum Gasteiger partial charge on any atom is -0.493 e. The van der Waals surface area contributed by atoms with Crippen molar-refractivity contribution in [3.8, 4) is 11.5 Å². The molecule has 2 rings (SSSR count). The highest BCUT2D eigenvalue weighted by Crippen LogP contribution is 2.28. The Hall–Kier alpha value is -1.22. The molecule has 1 heterocycles. The monoisotopic (exact) mass is 463 g/mol. The number of hydrogen-bond acceptors (Lipinski definition) is 4. The minimum atomic E-state index is 0. The number of nitrogens with zero attached hydrogens (tertiary/aromatic N) is 2. The van der Waals surface area contributed by atoms with Crippen molar-refractivity contribution in [2.45, 2.75) is 19.9 Å². The summed E-state index contributed by atoms with van der Waals surface area (Å²) in [4.78, 5) is 6.53. The lowest BCUT2D eigenvalue weighted by Crippen LogP contribution is -2.41. The molecule has 25 heavy (non-hydrogen) atoms. The summed E-state index contributed by atoms with van der Waals surface area (Å²) < 4.78 is 16.4. The fourth-order valence-electron chi connectivity index (χ4n) is 2.86. The van der Waals surface area contributed by atoms with Gasteiger partial charge in [-0.3, -0.25) is 4.99 Å². The third kappa shape index (κ3) is 6.54. The fraction of sp³-hybridized carbons (Fsp3) is 0.611. The maximum absolute atomic E-state index is 5.55. The van der Waals surface area contributed by atoms with Crippen LogP contribution in [-0.2, 0) is 11.3 Å². The summed E-state index contributed by atoms with van der Waals surface area (Å²) in [7, 11) is 5.53. The first-order valence-corrected chi connectivity index (χ1v) is 8.47. The van der Waals surface area contributed by atoms with E-state index in [-0.39, 0.29) is 24.0 Å². The lowest BCUT2D eigenvalue weighted by molar-refractivity contribution is 0.181. The molecule has 0 amide bonds. The van der Waals surface area contributed by atoms with Crippen LogP contribution in [0, 0.1) is 5.92 Å². The summed E-state index contributed by atoms with van der Waals surface area (Å²) >= 11 is 0. The third-order valence-electron chi connectivity index (χ3n) is 4.11. The standard InChI is InChI=1S/C18H29N3O3.HI/c1-5-24-16-7-6-14(10-17(16)22-4)11-20-18(19-2)21(3)12-15-8-9-23-13-15;/h6-7,10,15H,5,8-9,11-13H2,1-4H3,(H,19,20);1H. The Morgan fingerprint density at radius 1 is 1.40 bits per heavy atom. The fourth-order valence-corrected chi connectivity index (χ4v) is 2.86. The first-order chi connectivity index (χ1) is 11.7. The van der Waals surface area contributed by atoms with E-state index in [4.69, 9.17) is 14.2 Å². The van der Waals surface area contributed by atoms with Gasteiger partial charge in [0.15, 0.2) is 17.5 Å². The van der Waals surface area contributed by atoms with Gasteiger partial charge in [-0.15, -0.1) is 24.0 Å². The molecule has 0 aromatic heterocycles. The van der Waals surface area contributed by atoms with E-state index < -0.39 is 0 Å². The van der Waals surface area contributed by atoms with Gasteiger partial charge in [-0.1, -0.05) is 6.07 Å². The van der Waals surface area contributed by atoms with E-state index in [1.807, 2.05) is 32.2 Å². The molecule has 1 unspecified atom stereocenters. The summed E-state index contributed by atoms with van der Waals surface area (Å²) in [5.41, 5.74) is 1.12. The molecule has 1 atom stereocenters. The third-order valence-corrected chi connectivity index (χ3v) is 4.11. The smallest absolute Gasteiger partial charge is 0.193 e. The Labute approximate surface area is 167 Å². The van der Waals surface area contributed by atoms with Gasteiger partial charge in [-0.05, 0) is 31.0 Å². The molecule has 1 aliphatic rings. The van der Waals surface area contributed by atoms with Gasteiger partial charge in [0, 0.05) is 39.7 Å². The summed E-state index contributed by atoms with van der Waals surface area (Å²) in [6.07, 6.45) is 1.12. The number of hydrogen-bond donors (Lipinski definition) is 1. The maximum atomic E-state index is 5.55. The number of rotatable bonds is 7. The number of halogens is 1. The zero-order valence-electron chi connectivity index (χ0n) is 15.6. The Morgan fingerprint density at radius 3 is 2.80 bits per heavy atom. The largest absolute Gasteiger partial charge is 0.493 e. The maximum Gasteiger partial charge on any atom is 0.193 e. The average Bonchev–Trinajstić information content (AvgIpc) is 3.09.